The third-order valence-corrected chi connectivity index (χ3v) is 3.36. The van der Waals surface area contributed by atoms with E-state index in [-0.39, 0.29) is 0 Å². The molecule has 0 aliphatic rings. The Morgan fingerprint density at radius 1 is 1.41 bits per heavy atom. The molecule has 1 atom stereocenters. The molecule has 1 aromatic carbocycles. The van der Waals surface area contributed by atoms with Crippen LogP contribution < -0.4 is 16.0 Å². The van der Waals surface area contributed by atoms with Crippen molar-refractivity contribution in [1.29, 1.82) is 0 Å². The number of nitrogens with one attached hydrogen (secondary N) is 1. The van der Waals surface area contributed by atoms with Crippen molar-refractivity contribution < 1.29 is 4.79 Å². The molecule has 0 aliphatic carbocycles. The van der Waals surface area contributed by atoms with Crippen molar-refractivity contribution in [1.82, 2.24) is 9.78 Å². The van der Waals surface area contributed by atoms with Crippen LogP contribution in [-0.4, -0.2) is 37.2 Å². The molecule has 0 aliphatic heterocycles. The van der Waals surface area contributed by atoms with Gasteiger partial charge in [0.1, 0.15) is 6.79 Å². The van der Waals surface area contributed by atoms with Crippen LogP contribution in [0.15, 0.2) is 36.7 Å². The first kappa shape index (κ1) is 17.6. The van der Waals surface area contributed by atoms with Crippen LogP contribution in [0.5, 0.6) is 0 Å². The third-order valence-electron chi connectivity index (χ3n) is 3.36. The molecule has 0 fully saturated rings. The Kier molecular flexibility index (Phi) is 6.95. The van der Waals surface area contributed by atoms with E-state index in [4.69, 9.17) is 10.5 Å². The van der Waals surface area contributed by atoms with Crippen molar-refractivity contribution in [3.05, 3.63) is 36.7 Å². The van der Waals surface area contributed by atoms with Crippen LogP contribution in [0.1, 0.15) is 19.4 Å². The topological polar surface area (TPSA) is 76.2 Å². The van der Waals surface area contributed by atoms with Crippen molar-refractivity contribution in [2.45, 2.75) is 19.4 Å². The normalized spacial score (nSPS) is 11.2. The maximum Gasteiger partial charge on any atom is 0.106 e. The Hall–Kier alpha value is -2.50. The summed E-state index contributed by atoms with van der Waals surface area (Å²) in [4.78, 5) is 10.1. The largest absolute Gasteiger partial charge is 0.399 e. The average Bonchev–Trinajstić information content (AvgIpc) is 3.03. The molecule has 0 saturated heterocycles. The molecule has 2 rings (SSSR count). The predicted molar refractivity (Wildman–Crippen MR) is 92.3 cm³/mol. The van der Waals surface area contributed by atoms with Crippen LogP contribution in [0.25, 0.3) is 0 Å². The summed E-state index contributed by atoms with van der Waals surface area (Å²) >= 11 is 0. The lowest BCUT2D eigenvalue weighted by molar-refractivity contribution is -0.0979. The molecule has 0 bridgehead atoms. The lowest BCUT2D eigenvalue weighted by Gasteiger charge is -2.20. The Morgan fingerprint density at radius 3 is 2.73 bits per heavy atom. The first-order valence-electron chi connectivity index (χ1n) is 7.16. The fourth-order valence-electron chi connectivity index (χ4n) is 2.17. The maximum absolute atomic E-state index is 8.00. The Balaban J connectivity index is 0.00000116. The molecule has 1 unspecified atom stereocenters. The molecular weight excluding hydrogens is 278 g/mol. The molecule has 1 heterocycles. The van der Waals surface area contributed by atoms with Crippen LogP contribution in [-0.2, 0) is 4.79 Å². The Bertz CT molecular complexity index is 554. The molecule has 1 aromatic heterocycles. The first-order valence-corrected chi connectivity index (χ1v) is 7.16. The van der Waals surface area contributed by atoms with Gasteiger partial charge in [-0.25, -0.2) is 0 Å². The molecule has 2 aromatic rings. The number of rotatable bonds is 6. The smallest absolute Gasteiger partial charge is 0.106 e. The van der Waals surface area contributed by atoms with E-state index in [9.17, 15) is 0 Å². The number of nitrogens with zero attached hydrogens (tertiary/aromatic N) is 3. The van der Waals surface area contributed by atoms with Crippen molar-refractivity contribution in [2.75, 3.05) is 36.6 Å². The van der Waals surface area contributed by atoms with E-state index in [0.29, 0.717) is 6.04 Å². The van der Waals surface area contributed by atoms with E-state index in [0.717, 1.165) is 30.0 Å². The van der Waals surface area contributed by atoms with Gasteiger partial charge in [-0.05, 0) is 37.6 Å². The summed E-state index contributed by atoms with van der Waals surface area (Å²) in [6.45, 7) is 5.05. The molecule has 0 amide bonds. The van der Waals surface area contributed by atoms with E-state index < -0.39 is 0 Å². The molecule has 120 valence electrons. The van der Waals surface area contributed by atoms with E-state index in [2.05, 4.69) is 22.2 Å². The number of carbonyl (C=O) groups is 1. The number of hydrogen-bond donors (Lipinski definition) is 2. The predicted octanol–water partition coefficient (Wildman–Crippen LogP) is 2.41. The van der Waals surface area contributed by atoms with Gasteiger partial charge in [0.15, 0.2) is 0 Å². The molecule has 0 spiro atoms. The number of carbonyl (C=O) groups excluding carboxylic acids is 1. The van der Waals surface area contributed by atoms with E-state index in [1.165, 1.54) is 0 Å². The standard InChI is InChI=1S/C15H23N5.CH2O/c1-12(20-10-4-8-18-20)7-9-17-14-11-13(16)5-6-15(14)19(2)3;1-2/h4-6,8,10-12,17H,7,9,16H2,1-3H3;1H2. The van der Waals surface area contributed by atoms with Gasteiger partial charge in [0.05, 0.1) is 17.4 Å². The van der Waals surface area contributed by atoms with E-state index in [1.54, 1.807) is 0 Å². The summed E-state index contributed by atoms with van der Waals surface area (Å²) in [6.07, 6.45) is 4.81. The van der Waals surface area contributed by atoms with Crippen LogP contribution >= 0.6 is 0 Å². The Morgan fingerprint density at radius 2 is 2.14 bits per heavy atom. The molecule has 3 N–H and O–H groups in total. The highest BCUT2D eigenvalue weighted by molar-refractivity contribution is 5.73. The first-order chi connectivity index (χ1) is 10.6. The van der Waals surface area contributed by atoms with Crippen LogP contribution in [0, 0.1) is 0 Å². The van der Waals surface area contributed by atoms with Gasteiger partial charge in [-0.2, -0.15) is 5.10 Å². The van der Waals surface area contributed by atoms with Crippen molar-refractivity contribution in [2.24, 2.45) is 0 Å². The number of nitrogens with two attached hydrogens (primary N) is 1. The lowest BCUT2D eigenvalue weighted by atomic mass is 10.2. The van der Waals surface area contributed by atoms with Gasteiger partial charge in [0, 0.05) is 38.7 Å². The molecule has 0 radical (unpaired) electrons. The van der Waals surface area contributed by atoms with Gasteiger partial charge in [0.2, 0.25) is 0 Å². The third kappa shape index (κ3) is 4.80. The van der Waals surface area contributed by atoms with Gasteiger partial charge < -0.3 is 20.7 Å². The minimum Gasteiger partial charge on any atom is -0.399 e. The summed E-state index contributed by atoms with van der Waals surface area (Å²) in [5, 5.41) is 7.73. The molecule has 22 heavy (non-hydrogen) atoms. The number of benzene rings is 1. The zero-order valence-corrected chi connectivity index (χ0v) is 13.5. The van der Waals surface area contributed by atoms with Gasteiger partial charge in [-0.1, -0.05) is 0 Å². The quantitative estimate of drug-likeness (QED) is 0.801. The molecule has 6 nitrogen and oxygen atoms in total. The SMILES string of the molecule is C=O.CC(CCNc1cc(N)ccc1N(C)C)n1cccn1. The van der Waals surface area contributed by atoms with E-state index in [1.807, 2.05) is 62.2 Å². The molecular formula is C16H25N5O. The van der Waals surface area contributed by atoms with Crippen molar-refractivity contribution >= 4 is 23.9 Å². The number of nitrogen functional groups attached to an aromatic ring is 1. The summed E-state index contributed by atoms with van der Waals surface area (Å²) in [6, 6.07) is 8.27. The van der Waals surface area contributed by atoms with E-state index >= 15 is 0 Å². The van der Waals surface area contributed by atoms with Crippen molar-refractivity contribution in [3.8, 4) is 0 Å². The van der Waals surface area contributed by atoms with Gasteiger partial charge in [0.25, 0.3) is 0 Å². The molecule has 6 heteroatoms. The van der Waals surface area contributed by atoms with Crippen molar-refractivity contribution in [3.63, 3.8) is 0 Å². The summed E-state index contributed by atoms with van der Waals surface area (Å²) < 4.78 is 1.98. The highest BCUT2D eigenvalue weighted by Gasteiger charge is 2.07. The zero-order chi connectivity index (χ0) is 16.5. The van der Waals surface area contributed by atoms with Gasteiger partial charge in [-0.15, -0.1) is 0 Å². The second kappa shape index (κ2) is 8.71. The van der Waals surface area contributed by atoms with Crippen LogP contribution in [0.3, 0.4) is 0 Å². The minimum absolute atomic E-state index is 0.376. The fourth-order valence-corrected chi connectivity index (χ4v) is 2.17. The maximum atomic E-state index is 8.00. The number of anilines is 3. The summed E-state index contributed by atoms with van der Waals surface area (Å²) in [5.41, 5.74) is 8.86. The molecule has 0 saturated carbocycles. The van der Waals surface area contributed by atoms with Crippen LogP contribution in [0.4, 0.5) is 17.1 Å². The summed E-state index contributed by atoms with van der Waals surface area (Å²) in [7, 11) is 4.06. The second-order valence-corrected chi connectivity index (χ2v) is 5.22. The highest BCUT2D eigenvalue weighted by Crippen LogP contribution is 2.26. The minimum atomic E-state index is 0.376. The van der Waals surface area contributed by atoms with Gasteiger partial charge in [-0.3, -0.25) is 4.68 Å². The number of hydrogen-bond acceptors (Lipinski definition) is 5. The highest BCUT2D eigenvalue weighted by atomic mass is 16.1. The second-order valence-electron chi connectivity index (χ2n) is 5.22. The zero-order valence-electron chi connectivity index (χ0n) is 13.5. The lowest BCUT2D eigenvalue weighted by Crippen LogP contribution is -2.15. The summed E-state index contributed by atoms with van der Waals surface area (Å²) in [5.74, 6) is 0. The number of aromatic nitrogens is 2. The fraction of sp³-hybridized carbons (Fsp3) is 0.375. The monoisotopic (exact) mass is 303 g/mol. The average molecular weight is 303 g/mol. The van der Waals surface area contributed by atoms with Crippen LogP contribution in [0.2, 0.25) is 0 Å². The van der Waals surface area contributed by atoms with Gasteiger partial charge >= 0.3 is 0 Å². The Labute approximate surface area is 131 Å².